The summed E-state index contributed by atoms with van der Waals surface area (Å²) >= 11 is 6.00. The molecule has 2 fully saturated rings. The van der Waals surface area contributed by atoms with Crippen LogP contribution in [-0.2, 0) is 10.9 Å². The molecule has 131 valence electrons. The molecule has 0 aromatic heterocycles. The van der Waals surface area contributed by atoms with Crippen molar-refractivity contribution in [2.45, 2.75) is 64.0 Å². The predicted octanol–water partition coefficient (Wildman–Crippen LogP) is 6.91. The number of nitrogens with zero attached hydrogens (tertiary/aromatic N) is 2. The van der Waals surface area contributed by atoms with Crippen molar-refractivity contribution in [3.8, 4) is 0 Å². The van der Waals surface area contributed by atoms with Gasteiger partial charge >= 0.3 is 39.3 Å². The Morgan fingerprint density at radius 1 is 1.22 bits per heavy atom. The van der Waals surface area contributed by atoms with Gasteiger partial charge in [-0.25, -0.2) is 0 Å². The van der Waals surface area contributed by atoms with Gasteiger partial charge in [-0.2, -0.15) is 0 Å². The van der Waals surface area contributed by atoms with Crippen LogP contribution in [0.3, 0.4) is 0 Å². The van der Waals surface area contributed by atoms with Crippen LogP contribution in [0, 0.1) is 5.92 Å². The Hall–Kier alpha value is 0.304. The van der Waals surface area contributed by atoms with E-state index in [0.717, 1.165) is 11.6 Å². The first-order valence-electron chi connectivity index (χ1n) is 8.31. The van der Waals surface area contributed by atoms with Gasteiger partial charge in [0.05, 0.1) is 5.69 Å². The van der Waals surface area contributed by atoms with E-state index in [2.05, 4.69) is 72.8 Å². The topological polar surface area (TPSA) is 26.5 Å². The van der Waals surface area contributed by atoms with Crippen molar-refractivity contribution in [3.63, 3.8) is 0 Å². The predicted molar refractivity (Wildman–Crippen MR) is 104 cm³/mol. The normalized spacial score (nSPS) is 27.1. The van der Waals surface area contributed by atoms with Crippen LogP contribution in [0.4, 0.5) is 5.69 Å². The summed E-state index contributed by atoms with van der Waals surface area (Å²) in [6.45, 7) is 4.45. The van der Waals surface area contributed by atoms with Gasteiger partial charge in [-0.15, -0.1) is 6.04 Å². The maximum absolute atomic E-state index is 4.95. The van der Waals surface area contributed by atoms with Crippen LogP contribution < -0.4 is 0 Å². The van der Waals surface area contributed by atoms with Crippen LogP contribution in [0.5, 0.6) is 0 Å². The van der Waals surface area contributed by atoms with E-state index in [4.69, 9.17) is 10.3 Å². The molecule has 2 nitrogen and oxygen atoms in total. The van der Waals surface area contributed by atoms with Crippen LogP contribution in [-0.4, -0.2) is 18.3 Å². The number of aliphatic imine (C=N–C) groups is 1. The quantitative estimate of drug-likeness (QED) is 0.327. The van der Waals surface area contributed by atoms with Crippen molar-refractivity contribution in [2.24, 2.45) is 10.9 Å². The summed E-state index contributed by atoms with van der Waals surface area (Å²) in [5, 5.41) is 4.95. The number of hydrogen-bond donors (Lipinski definition) is 0. The molecule has 1 heterocycles. The summed E-state index contributed by atoms with van der Waals surface area (Å²) in [4.78, 5) is 4.75. The zero-order valence-electron chi connectivity index (χ0n) is 13.7. The molecule has 23 heavy (non-hydrogen) atoms. The monoisotopic (exact) mass is 485 g/mol. The van der Waals surface area contributed by atoms with Crippen molar-refractivity contribution in [2.75, 3.05) is 0 Å². The number of fused-ring (bicyclic) bond motifs is 1. The summed E-state index contributed by atoms with van der Waals surface area (Å²) in [6, 6.07) is 9.45. The zero-order valence-corrected chi connectivity index (χ0v) is 17.9. The number of para-hydroxylation sites is 1. The molecule has 0 radical (unpaired) electrons. The fourth-order valence-corrected chi connectivity index (χ4v) is 3.64. The Kier molecular flexibility index (Phi) is 8.81. The zero-order chi connectivity index (χ0) is 16.7. The minimum absolute atomic E-state index is 0.350. The van der Waals surface area contributed by atoms with Gasteiger partial charge in [-0.1, -0.05) is 76.1 Å². The van der Waals surface area contributed by atoms with Gasteiger partial charge in [0.15, 0.2) is 0 Å². The molecule has 3 unspecified atom stereocenters. The van der Waals surface area contributed by atoms with Crippen molar-refractivity contribution >= 4 is 40.4 Å². The first-order chi connectivity index (χ1) is 11.2. The summed E-state index contributed by atoms with van der Waals surface area (Å²) in [5.41, 5.74) is 2.45. The standard InChI is InChI=1S/C18H25N2.2BrH.Ni/c1-13(2)16-8-4-6-10-18(16)19-12-15-11-14-7-3-5-9-17(14)20-15;;;/h4,6,8,10,12-15,17H,3,5,7,9,11H2,1-2H3;2*1H;/q-1;;;+3/p-2. The van der Waals surface area contributed by atoms with Gasteiger partial charge in [0.1, 0.15) is 0 Å². The molecular weight excluding hydrogens is 463 g/mol. The molecule has 0 spiro atoms. The van der Waals surface area contributed by atoms with Crippen molar-refractivity contribution < 1.29 is 10.9 Å². The second-order valence-electron chi connectivity index (χ2n) is 6.60. The third kappa shape index (κ3) is 5.95. The maximum atomic E-state index is 4.95. The van der Waals surface area contributed by atoms with Gasteiger partial charge in [0, 0.05) is 0 Å². The fourth-order valence-electron chi connectivity index (χ4n) is 3.64. The summed E-state index contributed by atoms with van der Waals surface area (Å²) < 4.78 is 0. The van der Waals surface area contributed by atoms with E-state index >= 15 is 0 Å². The Labute approximate surface area is 160 Å². The Bertz CT molecular complexity index is 494. The van der Waals surface area contributed by atoms with Crippen molar-refractivity contribution in [1.29, 1.82) is 0 Å². The molecule has 1 saturated carbocycles. The van der Waals surface area contributed by atoms with Gasteiger partial charge in [0.25, 0.3) is 0 Å². The van der Waals surface area contributed by atoms with Crippen LogP contribution in [0.25, 0.3) is 5.32 Å². The van der Waals surface area contributed by atoms with Gasteiger partial charge in [-0.05, 0) is 23.8 Å². The molecule has 1 aliphatic carbocycles. The molecule has 1 aromatic carbocycles. The van der Waals surface area contributed by atoms with Crippen LogP contribution in [0.2, 0.25) is 0 Å². The molecule has 0 amide bonds. The molecule has 1 saturated heterocycles. The summed E-state index contributed by atoms with van der Waals surface area (Å²) in [6.07, 6.45) is 8.76. The van der Waals surface area contributed by atoms with Crippen molar-refractivity contribution in [3.05, 3.63) is 35.1 Å². The first kappa shape index (κ1) is 19.6. The first-order valence-corrected chi connectivity index (χ1v) is 13.2. The Morgan fingerprint density at radius 3 is 2.61 bits per heavy atom. The molecule has 5 heteroatoms. The Balaban J connectivity index is 0.000000595. The van der Waals surface area contributed by atoms with E-state index in [1.165, 1.54) is 48.6 Å². The Morgan fingerprint density at radius 2 is 1.91 bits per heavy atom. The van der Waals surface area contributed by atoms with Gasteiger partial charge in [-0.3, -0.25) is 4.99 Å². The number of hydrogen-bond acceptors (Lipinski definition) is 1. The average Bonchev–Trinajstić information content (AvgIpc) is 2.97. The number of halogens is 2. The number of benzene rings is 1. The molecule has 0 N–H and O–H groups in total. The summed E-state index contributed by atoms with van der Waals surface area (Å²) in [5.74, 6) is 1.35. The van der Waals surface area contributed by atoms with Crippen LogP contribution >= 0.6 is 28.5 Å². The van der Waals surface area contributed by atoms with E-state index in [-0.39, 0.29) is 0 Å². The van der Waals surface area contributed by atoms with Crippen molar-refractivity contribution in [1.82, 2.24) is 0 Å². The number of rotatable bonds is 3. The SMILES string of the molecule is CC(C)c1ccccc1N=CC1CC2CCCCC2[N-]1.[Br][Ni+][Br]. The minimum atomic E-state index is 0.350. The molecule has 1 aromatic rings. The fraction of sp³-hybridized carbons (Fsp3) is 0.611. The van der Waals surface area contributed by atoms with E-state index in [0.29, 0.717) is 18.0 Å². The van der Waals surface area contributed by atoms with Crippen LogP contribution in [0.1, 0.15) is 57.4 Å². The third-order valence-corrected chi connectivity index (χ3v) is 4.74. The van der Waals surface area contributed by atoms with Crippen LogP contribution in [0.15, 0.2) is 29.3 Å². The summed E-state index contributed by atoms with van der Waals surface area (Å²) in [7, 11) is 1.25. The second kappa shape index (κ2) is 10.3. The molecule has 2 aliphatic rings. The third-order valence-electron chi connectivity index (χ3n) is 4.74. The van der Waals surface area contributed by atoms with Gasteiger partial charge < -0.3 is 5.32 Å². The molecule has 3 atom stereocenters. The van der Waals surface area contributed by atoms with E-state index < -0.39 is 0 Å². The van der Waals surface area contributed by atoms with E-state index in [1.54, 1.807) is 0 Å². The molecule has 3 rings (SSSR count). The van der Waals surface area contributed by atoms with Gasteiger partial charge in [0.2, 0.25) is 0 Å². The van der Waals surface area contributed by atoms with E-state index in [1.807, 2.05) is 0 Å². The molecule has 1 aliphatic heterocycles. The second-order valence-corrected chi connectivity index (χ2v) is 11.6. The van der Waals surface area contributed by atoms with E-state index in [9.17, 15) is 0 Å². The average molecular weight is 488 g/mol. The molecular formula is C18H25Br2N2Ni. The molecule has 0 bridgehead atoms.